The van der Waals surface area contributed by atoms with Gasteiger partial charge in [0, 0.05) is 19.1 Å². The molecular formula is C26H31F3N4OS. The molecule has 0 fully saturated rings. The van der Waals surface area contributed by atoms with Crippen LogP contribution in [0.4, 0.5) is 13.2 Å². The van der Waals surface area contributed by atoms with Crippen molar-refractivity contribution in [2.75, 3.05) is 7.11 Å². The molecule has 5 nitrogen and oxygen atoms in total. The summed E-state index contributed by atoms with van der Waals surface area (Å²) in [6.07, 6.45) is 9.03. The van der Waals surface area contributed by atoms with Crippen molar-refractivity contribution in [1.29, 1.82) is 0 Å². The Morgan fingerprint density at radius 3 is 2.63 bits per heavy atom. The van der Waals surface area contributed by atoms with Gasteiger partial charge in [-0.25, -0.2) is 14.4 Å². The summed E-state index contributed by atoms with van der Waals surface area (Å²) in [6, 6.07) is 2.76. The smallest absolute Gasteiger partial charge is 0.295 e. The van der Waals surface area contributed by atoms with Crippen LogP contribution in [0.25, 0.3) is 0 Å². The number of methoxy groups -OCH3 is 1. The number of halogens is 3. The Bertz CT molecular complexity index is 1090. The molecule has 35 heavy (non-hydrogen) atoms. The van der Waals surface area contributed by atoms with Gasteiger partial charge in [-0.05, 0) is 53.7 Å². The topological polar surface area (TPSA) is 72.0 Å². The Hall–Kier alpha value is -2.52. The molecule has 188 valence electrons. The highest BCUT2D eigenvalue weighted by molar-refractivity contribution is 8.06. The van der Waals surface area contributed by atoms with E-state index in [1.54, 1.807) is 18.9 Å². The highest BCUT2D eigenvalue weighted by Crippen LogP contribution is 2.44. The Morgan fingerprint density at radius 2 is 1.91 bits per heavy atom. The van der Waals surface area contributed by atoms with Gasteiger partial charge in [0.25, 0.3) is 5.92 Å². The molecular weight excluding hydrogens is 473 g/mol. The van der Waals surface area contributed by atoms with Gasteiger partial charge in [-0.2, -0.15) is 8.78 Å². The molecule has 1 aromatic rings. The monoisotopic (exact) mass is 504 g/mol. The van der Waals surface area contributed by atoms with Gasteiger partial charge in [0.2, 0.25) is 0 Å². The van der Waals surface area contributed by atoms with Crippen molar-refractivity contribution in [3.8, 4) is 0 Å². The molecule has 0 radical (unpaired) electrons. The first-order valence-corrected chi connectivity index (χ1v) is 12.6. The SMILES string of the molecule is COC1C=CC2=C(SC(N=C3CC(C(F)(F)c4ccc(F)cc4)N=C(N)N3)=CCC2C)C(C)CC1. The predicted molar refractivity (Wildman–Crippen MR) is 136 cm³/mol. The average molecular weight is 505 g/mol. The van der Waals surface area contributed by atoms with Gasteiger partial charge < -0.3 is 15.8 Å². The lowest BCUT2D eigenvalue weighted by Gasteiger charge is -2.29. The summed E-state index contributed by atoms with van der Waals surface area (Å²) in [5.74, 6) is -3.05. The van der Waals surface area contributed by atoms with Crippen LogP contribution in [0.3, 0.4) is 0 Å². The molecule has 9 heteroatoms. The number of allylic oxidation sites excluding steroid dienone is 4. The van der Waals surface area contributed by atoms with Gasteiger partial charge in [0.1, 0.15) is 17.7 Å². The number of amidine groups is 1. The van der Waals surface area contributed by atoms with E-state index >= 15 is 8.78 Å². The first kappa shape index (κ1) is 25.6. The van der Waals surface area contributed by atoms with Crippen LogP contribution in [0.5, 0.6) is 0 Å². The van der Waals surface area contributed by atoms with E-state index in [4.69, 9.17) is 15.5 Å². The molecule has 1 aromatic carbocycles. The summed E-state index contributed by atoms with van der Waals surface area (Å²) in [4.78, 5) is 9.91. The van der Waals surface area contributed by atoms with Crippen molar-refractivity contribution in [2.24, 2.45) is 27.6 Å². The number of rotatable bonds is 4. The van der Waals surface area contributed by atoms with Crippen LogP contribution in [0, 0.1) is 17.7 Å². The first-order valence-electron chi connectivity index (χ1n) is 11.8. The maximum Gasteiger partial charge on any atom is 0.295 e. The molecule has 3 N–H and O–H groups in total. The lowest BCUT2D eigenvalue weighted by Crippen LogP contribution is -2.47. The highest BCUT2D eigenvalue weighted by Gasteiger charge is 2.44. The summed E-state index contributed by atoms with van der Waals surface area (Å²) in [5, 5.41) is 3.62. The minimum absolute atomic E-state index is 0.105. The zero-order valence-electron chi connectivity index (χ0n) is 20.1. The van der Waals surface area contributed by atoms with Crippen LogP contribution in [0.15, 0.2) is 68.0 Å². The van der Waals surface area contributed by atoms with E-state index in [0.717, 1.165) is 48.6 Å². The average Bonchev–Trinajstić information content (AvgIpc) is 2.96. The van der Waals surface area contributed by atoms with Gasteiger partial charge >= 0.3 is 0 Å². The number of alkyl halides is 2. The molecule has 0 bridgehead atoms. The van der Waals surface area contributed by atoms with Gasteiger partial charge in [0.05, 0.1) is 11.1 Å². The fourth-order valence-corrected chi connectivity index (χ4v) is 5.78. The van der Waals surface area contributed by atoms with E-state index in [-0.39, 0.29) is 24.0 Å². The maximum atomic E-state index is 15.2. The second-order valence-electron chi connectivity index (χ2n) is 9.26. The van der Waals surface area contributed by atoms with E-state index in [9.17, 15) is 4.39 Å². The number of ether oxygens (including phenoxy) is 1. The second kappa shape index (κ2) is 10.6. The van der Waals surface area contributed by atoms with Crippen LogP contribution in [0.1, 0.15) is 45.1 Å². The largest absolute Gasteiger partial charge is 0.377 e. The van der Waals surface area contributed by atoms with Crippen molar-refractivity contribution in [3.63, 3.8) is 0 Å². The number of benzene rings is 1. The third-order valence-corrected chi connectivity index (χ3v) is 7.97. The molecule has 4 rings (SSSR count). The highest BCUT2D eigenvalue weighted by atomic mass is 32.2. The zero-order chi connectivity index (χ0) is 25.2. The molecule has 0 saturated carbocycles. The van der Waals surface area contributed by atoms with Crippen molar-refractivity contribution in [3.05, 3.63) is 69.4 Å². The molecule has 4 atom stereocenters. The van der Waals surface area contributed by atoms with Crippen molar-refractivity contribution in [1.82, 2.24) is 5.32 Å². The predicted octanol–water partition coefficient (Wildman–Crippen LogP) is 5.86. The molecule has 0 aromatic heterocycles. The van der Waals surface area contributed by atoms with Gasteiger partial charge in [-0.3, -0.25) is 0 Å². The van der Waals surface area contributed by atoms with Crippen LogP contribution < -0.4 is 11.1 Å². The molecule has 0 saturated heterocycles. The molecule has 0 amide bonds. The second-order valence-corrected chi connectivity index (χ2v) is 10.3. The molecule has 0 spiro atoms. The summed E-state index contributed by atoms with van der Waals surface area (Å²) >= 11 is 1.59. The Balaban J connectivity index is 1.59. The molecule has 3 aliphatic rings. The Morgan fingerprint density at radius 1 is 1.17 bits per heavy atom. The number of nitrogens with zero attached hydrogens (tertiary/aromatic N) is 2. The summed E-state index contributed by atoms with van der Waals surface area (Å²) in [7, 11) is 1.73. The van der Waals surface area contributed by atoms with Gasteiger partial charge in [0.15, 0.2) is 5.96 Å². The van der Waals surface area contributed by atoms with Crippen molar-refractivity contribution < 1.29 is 17.9 Å². The number of nitrogens with two attached hydrogens (primary N) is 1. The minimum atomic E-state index is -3.33. The number of aliphatic imine (C=N–C) groups is 2. The van der Waals surface area contributed by atoms with E-state index < -0.39 is 17.8 Å². The van der Waals surface area contributed by atoms with E-state index in [1.807, 2.05) is 0 Å². The van der Waals surface area contributed by atoms with Crippen LogP contribution in [-0.4, -0.2) is 31.1 Å². The summed E-state index contributed by atoms with van der Waals surface area (Å²) in [5.41, 5.74) is 6.84. The number of nitrogens with one attached hydrogen (secondary N) is 1. The third kappa shape index (κ3) is 5.83. The zero-order valence-corrected chi connectivity index (χ0v) is 20.9. The lowest BCUT2D eigenvalue weighted by molar-refractivity contribution is -0.0291. The van der Waals surface area contributed by atoms with Gasteiger partial charge in [-0.1, -0.05) is 56.0 Å². The standard InChI is InChI=1S/C26H31F3N4OS/c1-15-5-13-23(35-24-16(2)4-10-19(34-3)11-12-20(15)24)32-22-14-21(31-25(30)33-22)26(28,29)17-6-8-18(27)9-7-17/h6-9,11-13,15-16,19,21H,4-5,10,14H2,1-3H3,(H3,30,31,32,33). The van der Waals surface area contributed by atoms with Crippen molar-refractivity contribution in [2.45, 2.75) is 57.6 Å². The minimum Gasteiger partial charge on any atom is -0.377 e. The molecule has 2 aliphatic heterocycles. The van der Waals surface area contributed by atoms with Crippen LogP contribution >= 0.6 is 11.8 Å². The summed E-state index contributed by atoms with van der Waals surface area (Å²) < 4.78 is 49.3. The maximum absolute atomic E-state index is 15.2. The van der Waals surface area contributed by atoms with Gasteiger partial charge in [-0.15, -0.1) is 0 Å². The number of guanidine groups is 1. The number of thioether (sulfide) groups is 1. The normalized spacial score (nSPS) is 28.9. The molecule has 4 unspecified atom stereocenters. The van der Waals surface area contributed by atoms with E-state index in [0.29, 0.717) is 17.7 Å². The third-order valence-electron chi connectivity index (χ3n) is 6.65. The number of hydrogen-bond acceptors (Lipinski definition) is 5. The van der Waals surface area contributed by atoms with Crippen LogP contribution in [0.2, 0.25) is 0 Å². The van der Waals surface area contributed by atoms with Crippen LogP contribution in [-0.2, 0) is 10.7 Å². The quantitative estimate of drug-likeness (QED) is 0.539. The number of hydrogen-bond donors (Lipinski definition) is 2. The van der Waals surface area contributed by atoms with Crippen molar-refractivity contribution >= 4 is 23.6 Å². The Labute approximate surface area is 208 Å². The fraction of sp³-hybridized carbons (Fsp3) is 0.462. The fourth-order valence-electron chi connectivity index (χ4n) is 4.52. The first-order chi connectivity index (χ1) is 16.7. The molecule has 1 aliphatic carbocycles. The lowest BCUT2D eigenvalue weighted by atomic mass is 9.89. The van der Waals surface area contributed by atoms with E-state index in [2.05, 4.69) is 42.4 Å². The summed E-state index contributed by atoms with van der Waals surface area (Å²) in [6.45, 7) is 4.39. The Kier molecular flexibility index (Phi) is 7.76. The molecule has 2 heterocycles. The van der Waals surface area contributed by atoms with E-state index in [1.165, 1.54) is 10.5 Å².